The third-order valence-corrected chi connectivity index (χ3v) is 5.64. The number of benzene rings is 2. The SMILES string of the molecule is CN1CCCN(c2ncc3cc(NC(=O)COc4ccc(OC(F)(F)F)cc4Cl)ccc3n2)CC1. The lowest BCUT2D eigenvalue weighted by Gasteiger charge is -2.20. The van der Waals surface area contributed by atoms with Crippen molar-refractivity contribution in [2.45, 2.75) is 12.8 Å². The number of fused-ring (bicyclic) bond motifs is 1. The molecule has 2 heterocycles. The van der Waals surface area contributed by atoms with Gasteiger partial charge in [-0.3, -0.25) is 4.79 Å². The highest BCUT2D eigenvalue weighted by atomic mass is 35.5. The standard InChI is InChI=1S/C23H23ClF3N5O3/c1-31-7-2-8-32(10-9-31)22-28-13-15-11-16(3-5-19(15)30-22)29-21(33)14-34-20-6-4-17(12-18(20)24)35-23(25,26)27/h3-6,11-13H,2,7-10,14H2,1H3,(H,29,33). The molecule has 0 bridgehead atoms. The molecule has 2 aromatic carbocycles. The molecule has 0 unspecified atom stereocenters. The van der Waals surface area contributed by atoms with Gasteiger partial charge in [-0.15, -0.1) is 13.2 Å². The summed E-state index contributed by atoms with van der Waals surface area (Å²) >= 11 is 5.93. The third kappa shape index (κ3) is 6.86. The summed E-state index contributed by atoms with van der Waals surface area (Å²) in [5.41, 5.74) is 1.29. The number of rotatable bonds is 6. The molecular weight excluding hydrogens is 487 g/mol. The first-order valence-corrected chi connectivity index (χ1v) is 11.2. The van der Waals surface area contributed by atoms with E-state index < -0.39 is 24.6 Å². The summed E-state index contributed by atoms with van der Waals surface area (Å²) in [5.74, 6) is -0.219. The van der Waals surface area contributed by atoms with Crippen molar-refractivity contribution >= 4 is 40.0 Å². The van der Waals surface area contributed by atoms with Crippen molar-refractivity contribution in [1.82, 2.24) is 14.9 Å². The largest absolute Gasteiger partial charge is 0.573 e. The molecule has 12 heteroatoms. The molecule has 186 valence electrons. The summed E-state index contributed by atoms with van der Waals surface area (Å²) in [6.45, 7) is 3.35. The Hall–Kier alpha value is -3.31. The first-order chi connectivity index (χ1) is 16.7. The van der Waals surface area contributed by atoms with Crippen molar-refractivity contribution in [2.75, 3.05) is 50.1 Å². The van der Waals surface area contributed by atoms with Crippen LogP contribution in [0.3, 0.4) is 0 Å². The molecule has 8 nitrogen and oxygen atoms in total. The zero-order valence-electron chi connectivity index (χ0n) is 18.8. The van der Waals surface area contributed by atoms with E-state index in [0.29, 0.717) is 11.6 Å². The van der Waals surface area contributed by atoms with Crippen LogP contribution in [-0.4, -0.2) is 67.0 Å². The van der Waals surface area contributed by atoms with Crippen molar-refractivity contribution < 1.29 is 27.4 Å². The van der Waals surface area contributed by atoms with E-state index in [4.69, 9.17) is 16.3 Å². The number of carbonyl (C=O) groups is 1. The van der Waals surface area contributed by atoms with Crippen molar-refractivity contribution in [2.24, 2.45) is 0 Å². The molecule has 0 spiro atoms. The number of alkyl halides is 3. The molecule has 35 heavy (non-hydrogen) atoms. The van der Waals surface area contributed by atoms with Crippen LogP contribution in [0.25, 0.3) is 10.9 Å². The van der Waals surface area contributed by atoms with Gasteiger partial charge in [0.2, 0.25) is 5.95 Å². The highest BCUT2D eigenvalue weighted by molar-refractivity contribution is 6.32. The quantitative estimate of drug-likeness (QED) is 0.529. The van der Waals surface area contributed by atoms with E-state index in [1.165, 1.54) is 6.07 Å². The average molecular weight is 510 g/mol. The first kappa shape index (κ1) is 24.8. The Labute approximate surface area is 204 Å². The van der Waals surface area contributed by atoms with Crippen LogP contribution in [0.1, 0.15) is 6.42 Å². The normalized spacial score (nSPS) is 15.1. The minimum absolute atomic E-state index is 0.0514. The number of nitrogens with one attached hydrogen (secondary N) is 1. The Morgan fingerprint density at radius 1 is 1.14 bits per heavy atom. The Balaban J connectivity index is 1.35. The van der Waals surface area contributed by atoms with Gasteiger partial charge < -0.3 is 24.6 Å². The minimum Gasteiger partial charge on any atom is -0.482 e. The smallest absolute Gasteiger partial charge is 0.482 e. The van der Waals surface area contributed by atoms with Crippen molar-refractivity contribution in [3.8, 4) is 11.5 Å². The monoisotopic (exact) mass is 509 g/mol. The number of hydrogen-bond donors (Lipinski definition) is 1. The fraction of sp³-hybridized carbons (Fsp3) is 0.348. The number of aromatic nitrogens is 2. The molecule has 1 fully saturated rings. The molecule has 1 aliphatic rings. The maximum absolute atomic E-state index is 12.3. The number of anilines is 2. The third-order valence-electron chi connectivity index (χ3n) is 5.35. The van der Waals surface area contributed by atoms with Gasteiger partial charge in [0.1, 0.15) is 11.5 Å². The van der Waals surface area contributed by atoms with Crippen LogP contribution in [0, 0.1) is 0 Å². The molecule has 0 radical (unpaired) electrons. The average Bonchev–Trinajstić information content (AvgIpc) is 3.01. The number of likely N-dealkylation sites (N-methyl/N-ethyl adjacent to an activating group) is 1. The number of carbonyl (C=O) groups excluding carboxylic acids is 1. The van der Waals surface area contributed by atoms with Crippen LogP contribution in [0.4, 0.5) is 24.8 Å². The van der Waals surface area contributed by atoms with Gasteiger partial charge in [-0.05, 0) is 50.3 Å². The number of hydrogen-bond acceptors (Lipinski definition) is 7. The predicted octanol–water partition coefficient (Wildman–Crippen LogP) is 4.34. The van der Waals surface area contributed by atoms with Gasteiger partial charge in [0.05, 0.1) is 10.5 Å². The highest BCUT2D eigenvalue weighted by Gasteiger charge is 2.31. The van der Waals surface area contributed by atoms with E-state index in [1.807, 2.05) is 0 Å². The predicted molar refractivity (Wildman–Crippen MR) is 126 cm³/mol. The number of halogens is 4. The van der Waals surface area contributed by atoms with Gasteiger partial charge >= 0.3 is 6.36 Å². The molecule has 1 aliphatic heterocycles. The van der Waals surface area contributed by atoms with Gasteiger partial charge in [0.15, 0.2) is 6.61 Å². The van der Waals surface area contributed by atoms with Crippen LogP contribution >= 0.6 is 11.6 Å². The highest BCUT2D eigenvalue weighted by Crippen LogP contribution is 2.31. The molecule has 1 amide bonds. The topological polar surface area (TPSA) is 79.8 Å². The molecule has 0 saturated carbocycles. The lowest BCUT2D eigenvalue weighted by molar-refractivity contribution is -0.274. The fourth-order valence-electron chi connectivity index (χ4n) is 3.64. The Morgan fingerprint density at radius 2 is 1.97 bits per heavy atom. The lowest BCUT2D eigenvalue weighted by atomic mass is 10.2. The zero-order chi connectivity index (χ0) is 25.0. The zero-order valence-corrected chi connectivity index (χ0v) is 19.6. The summed E-state index contributed by atoms with van der Waals surface area (Å²) in [6, 6.07) is 8.49. The summed E-state index contributed by atoms with van der Waals surface area (Å²) in [6.07, 6.45) is -2.06. The molecule has 1 aromatic heterocycles. The van der Waals surface area contributed by atoms with E-state index >= 15 is 0 Å². The number of ether oxygens (including phenoxy) is 2. The van der Waals surface area contributed by atoms with Gasteiger partial charge in [-0.25, -0.2) is 9.97 Å². The van der Waals surface area contributed by atoms with E-state index in [9.17, 15) is 18.0 Å². The number of nitrogens with zero attached hydrogens (tertiary/aromatic N) is 4. The molecule has 1 N–H and O–H groups in total. The van der Waals surface area contributed by atoms with Gasteiger partial charge in [-0.1, -0.05) is 11.6 Å². The van der Waals surface area contributed by atoms with Crippen LogP contribution < -0.4 is 19.7 Å². The second-order valence-corrected chi connectivity index (χ2v) is 8.47. The summed E-state index contributed by atoms with van der Waals surface area (Å²) in [7, 11) is 2.10. The van der Waals surface area contributed by atoms with Crippen molar-refractivity contribution in [3.05, 3.63) is 47.6 Å². The molecule has 0 aliphatic carbocycles. The van der Waals surface area contributed by atoms with Crippen molar-refractivity contribution in [3.63, 3.8) is 0 Å². The molecular formula is C23H23ClF3N5O3. The molecule has 1 saturated heterocycles. The molecule has 0 atom stereocenters. The Bertz CT molecular complexity index is 1210. The van der Waals surface area contributed by atoms with Gasteiger partial charge in [-0.2, -0.15) is 0 Å². The Morgan fingerprint density at radius 3 is 2.74 bits per heavy atom. The second kappa shape index (κ2) is 10.5. The summed E-state index contributed by atoms with van der Waals surface area (Å²) in [4.78, 5) is 25.9. The maximum atomic E-state index is 12.3. The van der Waals surface area contributed by atoms with E-state index in [2.05, 4.69) is 36.9 Å². The van der Waals surface area contributed by atoms with Gasteiger partial charge in [0, 0.05) is 43.0 Å². The van der Waals surface area contributed by atoms with E-state index in [-0.39, 0.29) is 10.8 Å². The van der Waals surface area contributed by atoms with Crippen LogP contribution in [0.2, 0.25) is 5.02 Å². The van der Waals surface area contributed by atoms with E-state index in [1.54, 1.807) is 24.4 Å². The van der Waals surface area contributed by atoms with Gasteiger partial charge in [0.25, 0.3) is 5.91 Å². The van der Waals surface area contributed by atoms with Crippen LogP contribution in [0.15, 0.2) is 42.6 Å². The summed E-state index contributed by atoms with van der Waals surface area (Å²) < 4.78 is 46.0. The van der Waals surface area contributed by atoms with Crippen molar-refractivity contribution in [1.29, 1.82) is 0 Å². The summed E-state index contributed by atoms with van der Waals surface area (Å²) in [5, 5.41) is 3.36. The molecule has 4 rings (SSSR count). The second-order valence-electron chi connectivity index (χ2n) is 8.06. The molecule has 3 aromatic rings. The maximum Gasteiger partial charge on any atom is 0.573 e. The van der Waals surface area contributed by atoms with E-state index in [0.717, 1.165) is 55.6 Å². The van der Waals surface area contributed by atoms with Crippen LogP contribution in [0.5, 0.6) is 11.5 Å². The van der Waals surface area contributed by atoms with Crippen LogP contribution in [-0.2, 0) is 4.79 Å². The first-order valence-electron chi connectivity index (χ1n) is 10.8. The number of amides is 1. The lowest BCUT2D eigenvalue weighted by Crippen LogP contribution is -2.30. The Kier molecular flexibility index (Phi) is 7.46. The fourth-order valence-corrected chi connectivity index (χ4v) is 3.86. The minimum atomic E-state index is -4.83.